The molecule has 0 saturated carbocycles. The predicted octanol–water partition coefficient (Wildman–Crippen LogP) is 4.30. The Labute approximate surface area is 112 Å². The number of rotatable bonds is 8. The smallest absolute Gasteiger partial charge is 0.119 e. The fourth-order valence-electron chi connectivity index (χ4n) is 1.98. The molecule has 1 unspecified atom stereocenters. The highest BCUT2D eigenvalue weighted by Gasteiger charge is 2.07. The summed E-state index contributed by atoms with van der Waals surface area (Å²) in [5, 5.41) is 0. The largest absolute Gasteiger partial charge is 0.493 e. The van der Waals surface area contributed by atoms with Crippen molar-refractivity contribution in [1.29, 1.82) is 0 Å². The molecule has 2 N–H and O–H groups in total. The van der Waals surface area contributed by atoms with Gasteiger partial charge in [0.15, 0.2) is 0 Å². The summed E-state index contributed by atoms with van der Waals surface area (Å²) in [6.45, 7) is 7.30. The van der Waals surface area contributed by atoms with Crippen molar-refractivity contribution in [3.8, 4) is 5.75 Å². The standard InChI is InChI=1S/C16H27NO/c1-4-6-7-14(5-2)12-18-16-10-8-15(9-11-16)13(3)17/h8-11,13-14H,4-7,12,17H2,1-3H3/t13-,14?/m1/s1. The van der Waals surface area contributed by atoms with Gasteiger partial charge in [-0.2, -0.15) is 0 Å². The molecule has 0 fully saturated rings. The fourth-order valence-corrected chi connectivity index (χ4v) is 1.98. The minimum atomic E-state index is 0.0898. The molecular formula is C16H27NO. The van der Waals surface area contributed by atoms with Crippen LogP contribution in [0.25, 0.3) is 0 Å². The first-order chi connectivity index (χ1) is 8.67. The molecular weight excluding hydrogens is 222 g/mol. The van der Waals surface area contributed by atoms with E-state index in [-0.39, 0.29) is 6.04 Å². The van der Waals surface area contributed by atoms with Gasteiger partial charge in [0.05, 0.1) is 6.61 Å². The Bertz CT molecular complexity index is 318. The van der Waals surface area contributed by atoms with Crippen LogP contribution in [0.1, 0.15) is 58.1 Å². The topological polar surface area (TPSA) is 35.2 Å². The Morgan fingerprint density at radius 2 is 1.83 bits per heavy atom. The molecule has 2 atom stereocenters. The Kier molecular flexibility index (Phi) is 6.81. The van der Waals surface area contributed by atoms with E-state index in [0.717, 1.165) is 17.9 Å². The van der Waals surface area contributed by atoms with Crippen molar-refractivity contribution in [1.82, 2.24) is 0 Å². The quantitative estimate of drug-likeness (QED) is 0.745. The molecule has 1 aromatic carbocycles. The third-order valence-corrected chi connectivity index (χ3v) is 3.43. The van der Waals surface area contributed by atoms with Crippen LogP contribution in [0.5, 0.6) is 5.75 Å². The number of nitrogens with two attached hydrogens (primary N) is 1. The molecule has 102 valence electrons. The van der Waals surface area contributed by atoms with Crippen LogP contribution in [-0.4, -0.2) is 6.61 Å². The van der Waals surface area contributed by atoms with Gasteiger partial charge in [-0.1, -0.05) is 45.2 Å². The zero-order valence-corrected chi connectivity index (χ0v) is 12.0. The third kappa shape index (κ3) is 5.09. The van der Waals surface area contributed by atoms with Crippen molar-refractivity contribution in [3.63, 3.8) is 0 Å². The molecule has 0 heterocycles. The lowest BCUT2D eigenvalue weighted by atomic mass is 10.0. The minimum absolute atomic E-state index is 0.0898. The number of benzene rings is 1. The molecule has 0 aliphatic heterocycles. The van der Waals surface area contributed by atoms with Crippen LogP contribution in [0.2, 0.25) is 0 Å². The maximum atomic E-state index is 5.85. The van der Waals surface area contributed by atoms with Gasteiger partial charge in [-0.3, -0.25) is 0 Å². The maximum Gasteiger partial charge on any atom is 0.119 e. The summed E-state index contributed by atoms with van der Waals surface area (Å²) < 4.78 is 5.85. The van der Waals surface area contributed by atoms with Gasteiger partial charge >= 0.3 is 0 Å². The van der Waals surface area contributed by atoms with Crippen LogP contribution in [-0.2, 0) is 0 Å². The molecule has 0 aromatic heterocycles. The first-order valence-electron chi connectivity index (χ1n) is 7.15. The van der Waals surface area contributed by atoms with E-state index in [1.165, 1.54) is 25.7 Å². The van der Waals surface area contributed by atoms with Gasteiger partial charge in [-0.25, -0.2) is 0 Å². The molecule has 1 rings (SSSR count). The molecule has 0 saturated heterocycles. The summed E-state index contributed by atoms with van der Waals surface area (Å²) in [7, 11) is 0. The number of hydrogen-bond acceptors (Lipinski definition) is 2. The normalized spacial score (nSPS) is 14.2. The lowest BCUT2D eigenvalue weighted by Gasteiger charge is -2.16. The average molecular weight is 249 g/mol. The van der Waals surface area contributed by atoms with Gasteiger partial charge in [0.25, 0.3) is 0 Å². The lowest BCUT2D eigenvalue weighted by molar-refractivity contribution is 0.233. The summed E-state index contributed by atoms with van der Waals surface area (Å²) in [5.74, 6) is 1.63. The molecule has 1 aromatic rings. The second-order valence-corrected chi connectivity index (χ2v) is 5.09. The van der Waals surface area contributed by atoms with Gasteiger partial charge in [-0.15, -0.1) is 0 Å². The van der Waals surface area contributed by atoms with Crippen molar-refractivity contribution in [2.45, 2.75) is 52.5 Å². The lowest BCUT2D eigenvalue weighted by Crippen LogP contribution is -2.11. The van der Waals surface area contributed by atoms with E-state index in [1.807, 2.05) is 31.2 Å². The molecule has 0 spiro atoms. The Hall–Kier alpha value is -1.02. The number of hydrogen-bond donors (Lipinski definition) is 1. The minimum Gasteiger partial charge on any atom is -0.493 e. The SMILES string of the molecule is CCCCC(CC)COc1ccc([C@@H](C)N)cc1. The third-order valence-electron chi connectivity index (χ3n) is 3.43. The first-order valence-corrected chi connectivity index (χ1v) is 7.15. The van der Waals surface area contributed by atoms with E-state index in [9.17, 15) is 0 Å². The molecule has 0 radical (unpaired) electrons. The van der Waals surface area contributed by atoms with E-state index >= 15 is 0 Å². The van der Waals surface area contributed by atoms with E-state index in [1.54, 1.807) is 0 Å². The van der Waals surface area contributed by atoms with Crippen LogP contribution in [0.15, 0.2) is 24.3 Å². The van der Waals surface area contributed by atoms with Crippen LogP contribution in [0, 0.1) is 5.92 Å². The van der Waals surface area contributed by atoms with Crippen LogP contribution in [0.3, 0.4) is 0 Å². The Morgan fingerprint density at radius 1 is 1.17 bits per heavy atom. The zero-order chi connectivity index (χ0) is 13.4. The monoisotopic (exact) mass is 249 g/mol. The average Bonchev–Trinajstić information content (AvgIpc) is 2.39. The van der Waals surface area contributed by atoms with Crippen LogP contribution in [0.4, 0.5) is 0 Å². The van der Waals surface area contributed by atoms with Crippen molar-refractivity contribution in [3.05, 3.63) is 29.8 Å². The van der Waals surface area contributed by atoms with Gasteiger partial charge in [0.1, 0.15) is 5.75 Å². The van der Waals surface area contributed by atoms with Gasteiger partial charge in [-0.05, 0) is 37.0 Å². The van der Waals surface area contributed by atoms with Crippen molar-refractivity contribution in [2.24, 2.45) is 11.7 Å². The van der Waals surface area contributed by atoms with Crippen LogP contribution < -0.4 is 10.5 Å². The summed E-state index contributed by atoms with van der Waals surface area (Å²) in [5.41, 5.74) is 6.97. The zero-order valence-electron chi connectivity index (χ0n) is 12.0. The summed E-state index contributed by atoms with van der Waals surface area (Å²) in [6, 6.07) is 8.23. The first kappa shape index (κ1) is 15.0. The molecule has 0 aliphatic carbocycles. The summed E-state index contributed by atoms with van der Waals surface area (Å²) in [4.78, 5) is 0. The highest BCUT2D eigenvalue weighted by Crippen LogP contribution is 2.19. The molecule has 0 bridgehead atoms. The number of unbranched alkanes of at least 4 members (excludes halogenated alkanes) is 1. The Balaban J connectivity index is 2.42. The van der Waals surface area contributed by atoms with Crippen molar-refractivity contribution < 1.29 is 4.74 Å². The highest BCUT2D eigenvalue weighted by atomic mass is 16.5. The molecule has 2 nitrogen and oxygen atoms in total. The van der Waals surface area contributed by atoms with Gasteiger partial charge in [0.2, 0.25) is 0 Å². The molecule has 2 heteroatoms. The van der Waals surface area contributed by atoms with E-state index in [0.29, 0.717) is 5.92 Å². The fraction of sp³-hybridized carbons (Fsp3) is 0.625. The summed E-state index contributed by atoms with van der Waals surface area (Å²) >= 11 is 0. The van der Waals surface area contributed by atoms with E-state index in [2.05, 4.69) is 13.8 Å². The Morgan fingerprint density at radius 3 is 2.33 bits per heavy atom. The predicted molar refractivity (Wildman–Crippen MR) is 77.8 cm³/mol. The van der Waals surface area contributed by atoms with Crippen LogP contribution >= 0.6 is 0 Å². The molecule has 0 aliphatic rings. The number of ether oxygens (including phenoxy) is 1. The van der Waals surface area contributed by atoms with Gasteiger partial charge < -0.3 is 10.5 Å². The van der Waals surface area contributed by atoms with Crippen molar-refractivity contribution >= 4 is 0 Å². The molecule has 0 amide bonds. The van der Waals surface area contributed by atoms with Gasteiger partial charge in [0, 0.05) is 6.04 Å². The van der Waals surface area contributed by atoms with E-state index < -0.39 is 0 Å². The molecule has 18 heavy (non-hydrogen) atoms. The highest BCUT2D eigenvalue weighted by molar-refractivity contribution is 5.28. The van der Waals surface area contributed by atoms with E-state index in [4.69, 9.17) is 10.5 Å². The second-order valence-electron chi connectivity index (χ2n) is 5.09. The maximum absolute atomic E-state index is 5.85. The summed E-state index contributed by atoms with van der Waals surface area (Å²) in [6.07, 6.45) is 5.02. The second kappa shape index (κ2) is 8.15. The van der Waals surface area contributed by atoms with Crippen molar-refractivity contribution in [2.75, 3.05) is 6.61 Å².